The molecule has 0 amide bonds. The van der Waals surface area contributed by atoms with Crippen LogP contribution in [0.15, 0.2) is 48.7 Å². The van der Waals surface area contributed by atoms with Crippen LogP contribution in [-0.2, 0) is 7.05 Å². The molecule has 0 fully saturated rings. The summed E-state index contributed by atoms with van der Waals surface area (Å²) in [4.78, 5) is 14.6. The number of hydrogen-bond acceptors (Lipinski definition) is 2. The third-order valence-corrected chi connectivity index (χ3v) is 3.47. The van der Waals surface area contributed by atoms with Crippen molar-refractivity contribution in [2.75, 3.05) is 18.0 Å². The first kappa shape index (κ1) is 14.4. The van der Waals surface area contributed by atoms with Gasteiger partial charge in [0.25, 0.3) is 0 Å². The first-order valence-electron chi connectivity index (χ1n) is 7.17. The minimum Gasteiger partial charge on any atom is -0.364 e. The first-order valence-corrected chi connectivity index (χ1v) is 7.17. The average Bonchev–Trinajstić information content (AvgIpc) is 2.90. The van der Waals surface area contributed by atoms with Gasteiger partial charge in [-0.15, -0.1) is 0 Å². The SMILES string of the molecule is CCCCN(CC(=O)c1cccn1C)c1ccccc1. The standard InChI is InChI=1S/C17H22N2O/c1-3-4-13-19(15-9-6-5-7-10-15)14-17(20)16-11-8-12-18(16)2/h5-12H,3-4,13-14H2,1-2H3. The Kier molecular flexibility index (Phi) is 4.99. The van der Waals surface area contributed by atoms with Crippen LogP contribution in [-0.4, -0.2) is 23.4 Å². The smallest absolute Gasteiger partial charge is 0.198 e. The van der Waals surface area contributed by atoms with Crippen LogP contribution in [0.4, 0.5) is 5.69 Å². The minimum absolute atomic E-state index is 0.164. The number of benzene rings is 1. The van der Waals surface area contributed by atoms with Gasteiger partial charge in [-0.1, -0.05) is 31.5 Å². The number of anilines is 1. The van der Waals surface area contributed by atoms with Gasteiger partial charge in [0, 0.05) is 25.5 Å². The van der Waals surface area contributed by atoms with Gasteiger partial charge in [-0.3, -0.25) is 4.79 Å². The van der Waals surface area contributed by atoms with Crippen molar-refractivity contribution >= 4 is 11.5 Å². The van der Waals surface area contributed by atoms with Gasteiger partial charge in [-0.2, -0.15) is 0 Å². The molecule has 0 aliphatic rings. The van der Waals surface area contributed by atoms with E-state index < -0.39 is 0 Å². The van der Waals surface area contributed by atoms with Crippen LogP contribution in [0.5, 0.6) is 0 Å². The van der Waals surface area contributed by atoms with Crippen LogP contribution in [0, 0.1) is 0 Å². The summed E-state index contributed by atoms with van der Waals surface area (Å²) >= 11 is 0. The van der Waals surface area contributed by atoms with Crippen LogP contribution < -0.4 is 4.90 Å². The van der Waals surface area contributed by atoms with Crippen LogP contribution in [0.25, 0.3) is 0 Å². The Morgan fingerprint density at radius 2 is 1.90 bits per heavy atom. The maximum Gasteiger partial charge on any atom is 0.198 e. The summed E-state index contributed by atoms with van der Waals surface area (Å²) in [7, 11) is 1.91. The number of unbranched alkanes of at least 4 members (excludes halogenated alkanes) is 1. The van der Waals surface area contributed by atoms with Crippen molar-refractivity contribution in [3.8, 4) is 0 Å². The molecule has 0 unspecified atom stereocenters. The molecule has 2 rings (SSSR count). The van der Waals surface area contributed by atoms with Crippen molar-refractivity contribution in [3.63, 3.8) is 0 Å². The quantitative estimate of drug-likeness (QED) is 0.719. The number of ketones is 1. The number of carbonyl (C=O) groups excluding carboxylic acids is 1. The normalized spacial score (nSPS) is 10.5. The molecule has 0 bridgehead atoms. The molecule has 0 atom stereocenters. The first-order chi connectivity index (χ1) is 9.72. The summed E-state index contributed by atoms with van der Waals surface area (Å²) in [6, 6.07) is 13.9. The van der Waals surface area contributed by atoms with Crippen molar-refractivity contribution in [2.24, 2.45) is 7.05 Å². The van der Waals surface area contributed by atoms with Crippen molar-refractivity contribution in [1.29, 1.82) is 0 Å². The average molecular weight is 270 g/mol. The van der Waals surface area contributed by atoms with Crippen LogP contribution in [0.1, 0.15) is 30.3 Å². The van der Waals surface area contributed by atoms with Crippen LogP contribution in [0.2, 0.25) is 0 Å². The molecular weight excluding hydrogens is 248 g/mol. The van der Waals surface area contributed by atoms with Crippen molar-refractivity contribution < 1.29 is 4.79 Å². The number of para-hydroxylation sites is 1. The van der Waals surface area contributed by atoms with Crippen LogP contribution in [0.3, 0.4) is 0 Å². The fraction of sp³-hybridized carbons (Fsp3) is 0.353. The second-order valence-corrected chi connectivity index (χ2v) is 5.04. The molecule has 20 heavy (non-hydrogen) atoms. The van der Waals surface area contributed by atoms with Gasteiger partial charge in [0.05, 0.1) is 12.2 Å². The Hall–Kier alpha value is -2.03. The second kappa shape index (κ2) is 6.94. The molecule has 106 valence electrons. The maximum atomic E-state index is 12.4. The summed E-state index contributed by atoms with van der Waals surface area (Å²) in [5, 5.41) is 0. The van der Waals surface area contributed by atoms with E-state index in [0.29, 0.717) is 6.54 Å². The van der Waals surface area contributed by atoms with Gasteiger partial charge in [0.2, 0.25) is 0 Å². The Morgan fingerprint density at radius 1 is 1.15 bits per heavy atom. The summed E-state index contributed by atoms with van der Waals surface area (Å²) in [6.45, 7) is 3.51. The van der Waals surface area contributed by atoms with E-state index in [0.717, 1.165) is 30.8 Å². The van der Waals surface area contributed by atoms with E-state index >= 15 is 0 Å². The molecule has 0 aliphatic carbocycles. The van der Waals surface area contributed by atoms with E-state index in [4.69, 9.17) is 0 Å². The molecule has 0 saturated carbocycles. The highest BCUT2D eigenvalue weighted by Gasteiger charge is 2.14. The molecular formula is C17H22N2O. The zero-order valence-electron chi connectivity index (χ0n) is 12.2. The predicted molar refractivity (Wildman–Crippen MR) is 83.3 cm³/mol. The highest BCUT2D eigenvalue weighted by atomic mass is 16.1. The van der Waals surface area contributed by atoms with E-state index in [1.54, 1.807) is 0 Å². The van der Waals surface area contributed by atoms with Gasteiger partial charge in [0.15, 0.2) is 5.78 Å². The van der Waals surface area contributed by atoms with Crippen molar-refractivity contribution in [3.05, 3.63) is 54.4 Å². The number of hydrogen-bond donors (Lipinski definition) is 0. The molecule has 0 radical (unpaired) electrons. The molecule has 3 heteroatoms. The number of aromatic nitrogens is 1. The zero-order valence-corrected chi connectivity index (χ0v) is 12.2. The number of aryl methyl sites for hydroxylation is 1. The third kappa shape index (κ3) is 3.50. The Bertz CT molecular complexity index is 545. The summed E-state index contributed by atoms with van der Waals surface area (Å²) in [5.74, 6) is 0.164. The summed E-state index contributed by atoms with van der Waals surface area (Å²) in [5.41, 5.74) is 1.88. The monoisotopic (exact) mass is 270 g/mol. The van der Waals surface area contributed by atoms with Gasteiger partial charge in [0.1, 0.15) is 0 Å². The molecule has 2 aromatic rings. The largest absolute Gasteiger partial charge is 0.364 e. The Morgan fingerprint density at radius 3 is 2.50 bits per heavy atom. The molecule has 3 nitrogen and oxygen atoms in total. The van der Waals surface area contributed by atoms with E-state index in [1.807, 2.05) is 48.1 Å². The molecule has 0 spiro atoms. The van der Waals surface area contributed by atoms with Gasteiger partial charge >= 0.3 is 0 Å². The van der Waals surface area contributed by atoms with E-state index in [9.17, 15) is 4.79 Å². The Balaban J connectivity index is 2.12. The fourth-order valence-corrected chi connectivity index (χ4v) is 2.29. The van der Waals surface area contributed by atoms with Gasteiger partial charge < -0.3 is 9.47 Å². The molecule has 1 heterocycles. The van der Waals surface area contributed by atoms with Gasteiger partial charge in [-0.25, -0.2) is 0 Å². The summed E-state index contributed by atoms with van der Waals surface area (Å²) < 4.78 is 1.88. The highest BCUT2D eigenvalue weighted by molar-refractivity contribution is 5.98. The summed E-state index contributed by atoms with van der Waals surface area (Å²) in [6.07, 6.45) is 4.13. The van der Waals surface area contributed by atoms with E-state index in [-0.39, 0.29) is 5.78 Å². The zero-order chi connectivity index (χ0) is 14.4. The molecule has 0 aliphatic heterocycles. The maximum absolute atomic E-state index is 12.4. The lowest BCUT2D eigenvalue weighted by Gasteiger charge is -2.24. The lowest BCUT2D eigenvalue weighted by atomic mass is 10.2. The van der Waals surface area contributed by atoms with Crippen molar-refractivity contribution in [2.45, 2.75) is 19.8 Å². The molecule has 1 aromatic carbocycles. The van der Waals surface area contributed by atoms with E-state index in [1.165, 1.54) is 0 Å². The lowest BCUT2D eigenvalue weighted by molar-refractivity contribution is 0.0991. The number of carbonyl (C=O) groups is 1. The Labute approximate surface area is 120 Å². The predicted octanol–water partition coefficient (Wildman–Crippen LogP) is 3.51. The number of rotatable bonds is 7. The molecule has 1 aromatic heterocycles. The number of nitrogens with zero attached hydrogens (tertiary/aromatic N) is 2. The van der Waals surface area contributed by atoms with Crippen LogP contribution >= 0.6 is 0 Å². The topological polar surface area (TPSA) is 25.2 Å². The number of Topliss-reactive ketones (excluding diaryl/α,β-unsaturated/α-hetero) is 1. The second-order valence-electron chi connectivity index (χ2n) is 5.04. The van der Waals surface area contributed by atoms with Crippen molar-refractivity contribution in [1.82, 2.24) is 4.57 Å². The molecule has 0 N–H and O–H groups in total. The fourth-order valence-electron chi connectivity index (χ4n) is 2.29. The highest BCUT2D eigenvalue weighted by Crippen LogP contribution is 2.15. The molecule has 0 saturated heterocycles. The lowest BCUT2D eigenvalue weighted by Crippen LogP contribution is -2.31. The van der Waals surface area contributed by atoms with Gasteiger partial charge in [-0.05, 0) is 30.7 Å². The van der Waals surface area contributed by atoms with E-state index in [2.05, 4.69) is 24.0 Å². The third-order valence-electron chi connectivity index (χ3n) is 3.47. The minimum atomic E-state index is 0.164.